The molecule has 7 heteroatoms. The van der Waals surface area contributed by atoms with Gasteiger partial charge in [-0.25, -0.2) is 0 Å². The number of ketones is 1. The van der Waals surface area contributed by atoms with Crippen LogP contribution in [0.5, 0.6) is 0 Å². The van der Waals surface area contributed by atoms with Crippen molar-refractivity contribution in [3.8, 4) is 0 Å². The normalized spacial score (nSPS) is 11.0. The number of carbonyl (C=O) groups excluding carboxylic acids is 1. The van der Waals surface area contributed by atoms with E-state index in [0.29, 0.717) is 11.1 Å². The van der Waals surface area contributed by atoms with Crippen LogP contribution in [0, 0.1) is 20.2 Å². The topological polar surface area (TPSA) is 103 Å². The van der Waals surface area contributed by atoms with Crippen molar-refractivity contribution in [2.45, 2.75) is 0 Å². The molecule has 0 radical (unpaired) electrons. The van der Waals surface area contributed by atoms with Gasteiger partial charge in [0.1, 0.15) is 0 Å². The molecule has 0 unspecified atom stereocenters. The number of allylic oxidation sites excluding steroid dienone is 2. The number of non-ortho nitro benzene ring substituents is 2. The summed E-state index contributed by atoms with van der Waals surface area (Å²) in [6, 6.07) is 11.8. The number of benzene rings is 2. The molecular formula is C17H12N2O5. The highest BCUT2D eigenvalue weighted by atomic mass is 16.6. The lowest BCUT2D eigenvalue weighted by molar-refractivity contribution is -0.385. The van der Waals surface area contributed by atoms with Crippen molar-refractivity contribution < 1.29 is 14.6 Å². The largest absolute Gasteiger partial charge is 0.290 e. The molecular weight excluding hydrogens is 312 g/mol. The van der Waals surface area contributed by atoms with Gasteiger partial charge in [0.25, 0.3) is 11.4 Å². The first-order chi connectivity index (χ1) is 11.5. The van der Waals surface area contributed by atoms with Gasteiger partial charge in [0.2, 0.25) is 0 Å². The summed E-state index contributed by atoms with van der Waals surface area (Å²) >= 11 is 0. The maximum atomic E-state index is 11.8. The Labute approximate surface area is 136 Å². The van der Waals surface area contributed by atoms with Crippen molar-refractivity contribution in [3.05, 3.63) is 92.0 Å². The summed E-state index contributed by atoms with van der Waals surface area (Å²) in [4.78, 5) is 32.1. The highest BCUT2D eigenvalue weighted by molar-refractivity contribution is 6.04. The second-order valence-corrected chi connectivity index (χ2v) is 4.77. The van der Waals surface area contributed by atoms with Crippen molar-refractivity contribution in [1.82, 2.24) is 0 Å². The molecule has 0 fully saturated rings. The zero-order valence-corrected chi connectivity index (χ0v) is 12.4. The first kappa shape index (κ1) is 16.8. The van der Waals surface area contributed by atoms with Crippen LogP contribution < -0.4 is 0 Å². The third-order valence-corrected chi connectivity index (χ3v) is 3.04. The van der Waals surface area contributed by atoms with E-state index in [2.05, 4.69) is 0 Å². The fourth-order valence-corrected chi connectivity index (χ4v) is 1.90. The summed E-state index contributed by atoms with van der Waals surface area (Å²) in [6.45, 7) is 0. The van der Waals surface area contributed by atoms with E-state index < -0.39 is 9.85 Å². The van der Waals surface area contributed by atoms with Crippen molar-refractivity contribution in [2.75, 3.05) is 0 Å². The Morgan fingerprint density at radius 1 is 0.792 bits per heavy atom. The summed E-state index contributed by atoms with van der Waals surface area (Å²) in [5.41, 5.74) is 0.941. The molecule has 2 rings (SSSR count). The predicted octanol–water partition coefficient (Wildman–Crippen LogP) is 3.80. The molecule has 0 amide bonds. The molecule has 0 aliphatic carbocycles. The van der Waals surface area contributed by atoms with Crippen LogP contribution in [0.4, 0.5) is 11.4 Å². The van der Waals surface area contributed by atoms with Gasteiger partial charge in [0.05, 0.1) is 9.85 Å². The fourth-order valence-electron chi connectivity index (χ4n) is 1.90. The standard InChI is InChI=1S/C17H12N2O5/c20-17(9-7-13-3-1-5-15(11-13)18(21)22)10-8-14-4-2-6-16(12-14)19(23)24/h1-12H/b9-7+,10-8+. The van der Waals surface area contributed by atoms with E-state index in [-0.39, 0.29) is 17.2 Å². The van der Waals surface area contributed by atoms with E-state index in [1.54, 1.807) is 12.1 Å². The van der Waals surface area contributed by atoms with Crippen LogP contribution in [0.2, 0.25) is 0 Å². The van der Waals surface area contributed by atoms with Gasteiger partial charge in [-0.15, -0.1) is 0 Å². The molecule has 0 atom stereocenters. The lowest BCUT2D eigenvalue weighted by Gasteiger charge is -1.94. The van der Waals surface area contributed by atoms with Gasteiger partial charge in [0.15, 0.2) is 5.78 Å². The van der Waals surface area contributed by atoms with Gasteiger partial charge in [-0.2, -0.15) is 0 Å². The maximum Gasteiger partial charge on any atom is 0.270 e. The van der Waals surface area contributed by atoms with Gasteiger partial charge in [0, 0.05) is 24.3 Å². The number of nitro groups is 2. The van der Waals surface area contributed by atoms with Crippen LogP contribution in [0.1, 0.15) is 11.1 Å². The van der Waals surface area contributed by atoms with Crippen LogP contribution in [-0.4, -0.2) is 15.6 Å². The Hall–Kier alpha value is -3.61. The molecule has 120 valence electrons. The molecule has 0 aromatic heterocycles. The van der Waals surface area contributed by atoms with Gasteiger partial charge < -0.3 is 0 Å². The summed E-state index contributed by atoms with van der Waals surface area (Å²) in [6.07, 6.45) is 5.47. The van der Waals surface area contributed by atoms with E-state index in [1.807, 2.05) is 0 Å². The Balaban J connectivity index is 2.07. The number of hydrogen-bond acceptors (Lipinski definition) is 5. The minimum atomic E-state index is -0.513. The summed E-state index contributed by atoms with van der Waals surface area (Å²) in [7, 11) is 0. The van der Waals surface area contributed by atoms with Gasteiger partial charge >= 0.3 is 0 Å². The lowest BCUT2D eigenvalue weighted by Crippen LogP contribution is -1.89. The van der Waals surface area contributed by atoms with E-state index >= 15 is 0 Å². The number of hydrogen-bond donors (Lipinski definition) is 0. The van der Waals surface area contributed by atoms with Crippen LogP contribution in [0.15, 0.2) is 60.7 Å². The first-order valence-corrected chi connectivity index (χ1v) is 6.85. The molecule has 0 bridgehead atoms. The number of nitro benzene ring substituents is 2. The van der Waals surface area contributed by atoms with Crippen molar-refractivity contribution >= 4 is 29.3 Å². The molecule has 0 aliphatic rings. The minimum absolute atomic E-state index is 0.0586. The van der Waals surface area contributed by atoms with Crippen LogP contribution >= 0.6 is 0 Å². The molecule has 2 aromatic carbocycles. The third kappa shape index (κ3) is 4.70. The number of carbonyl (C=O) groups is 1. The highest BCUT2D eigenvalue weighted by Gasteiger charge is 2.05. The molecule has 2 aromatic rings. The Morgan fingerprint density at radius 3 is 1.58 bits per heavy atom. The zero-order valence-electron chi connectivity index (χ0n) is 12.4. The van der Waals surface area contributed by atoms with Gasteiger partial charge in [-0.05, 0) is 23.3 Å². The van der Waals surface area contributed by atoms with Gasteiger partial charge in [-0.1, -0.05) is 36.4 Å². The number of nitrogens with zero attached hydrogens (tertiary/aromatic N) is 2. The molecule has 0 saturated carbocycles. The summed E-state index contributed by atoms with van der Waals surface area (Å²) in [5, 5.41) is 21.4. The van der Waals surface area contributed by atoms with E-state index in [4.69, 9.17) is 0 Å². The maximum absolute atomic E-state index is 11.8. The molecule has 7 nitrogen and oxygen atoms in total. The Morgan fingerprint density at radius 2 is 1.21 bits per heavy atom. The molecule has 0 aliphatic heterocycles. The van der Waals surface area contributed by atoms with Crippen molar-refractivity contribution in [2.24, 2.45) is 0 Å². The van der Waals surface area contributed by atoms with E-state index in [9.17, 15) is 25.0 Å². The lowest BCUT2D eigenvalue weighted by atomic mass is 10.1. The van der Waals surface area contributed by atoms with Crippen LogP contribution in [-0.2, 0) is 4.79 Å². The van der Waals surface area contributed by atoms with E-state index in [1.165, 1.54) is 60.7 Å². The summed E-state index contributed by atoms with van der Waals surface area (Å²) in [5.74, 6) is -0.340. The SMILES string of the molecule is O=C(/C=C/c1cccc([N+](=O)[O-])c1)/C=C/c1cccc([N+](=O)[O-])c1. The fraction of sp³-hybridized carbons (Fsp3) is 0. The molecule has 0 saturated heterocycles. The second-order valence-electron chi connectivity index (χ2n) is 4.77. The summed E-state index contributed by atoms with van der Waals surface area (Å²) < 4.78 is 0. The van der Waals surface area contributed by atoms with Crippen LogP contribution in [0.25, 0.3) is 12.2 Å². The molecule has 0 N–H and O–H groups in total. The monoisotopic (exact) mass is 324 g/mol. The smallest absolute Gasteiger partial charge is 0.270 e. The number of rotatable bonds is 6. The Kier molecular flexibility index (Phi) is 5.30. The molecule has 0 heterocycles. The average molecular weight is 324 g/mol. The van der Waals surface area contributed by atoms with Gasteiger partial charge in [-0.3, -0.25) is 25.0 Å². The van der Waals surface area contributed by atoms with Crippen molar-refractivity contribution in [3.63, 3.8) is 0 Å². The van der Waals surface area contributed by atoms with Crippen molar-refractivity contribution in [1.29, 1.82) is 0 Å². The zero-order chi connectivity index (χ0) is 17.5. The predicted molar refractivity (Wildman–Crippen MR) is 89.3 cm³/mol. The molecule has 0 spiro atoms. The third-order valence-electron chi connectivity index (χ3n) is 3.04. The second kappa shape index (κ2) is 7.59. The highest BCUT2D eigenvalue weighted by Crippen LogP contribution is 2.15. The quantitative estimate of drug-likeness (QED) is 0.456. The Bertz CT molecular complexity index is 786. The average Bonchev–Trinajstić information content (AvgIpc) is 2.58. The first-order valence-electron chi connectivity index (χ1n) is 6.85. The van der Waals surface area contributed by atoms with Crippen LogP contribution in [0.3, 0.4) is 0 Å². The van der Waals surface area contributed by atoms with E-state index in [0.717, 1.165) is 0 Å². The minimum Gasteiger partial charge on any atom is -0.290 e. The molecule has 24 heavy (non-hydrogen) atoms.